The van der Waals surface area contributed by atoms with E-state index >= 15 is 0 Å². The average molecular weight is 341 g/mol. The number of alkyl halides is 3. The van der Waals surface area contributed by atoms with E-state index in [2.05, 4.69) is 10.3 Å². The van der Waals surface area contributed by atoms with E-state index in [1.54, 1.807) is 0 Å². The van der Waals surface area contributed by atoms with E-state index in [0.717, 1.165) is 0 Å². The molecule has 1 aliphatic rings. The van der Waals surface area contributed by atoms with Gasteiger partial charge in [0.1, 0.15) is 10.8 Å². The average Bonchev–Trinajstić information content (AvgIpc) is 2.41. The van der Waals surface area contributed by atoms with Crippen molar-refractivity contribution in [2.75, 3.05) is 0 Å². The van der Waals surface area contributed by atoms with Crippen LogP contribution in [-0.2, 0) is 0 Å². The first kappa shape index (κ1) is 16.4. The van der Waals surface area contributed by atoms with Gasteiger partial charge in [-0.2, -0.15) is 13.2 Å². The van der Waals surface area contributed by atoms with Crippen LogP contribution in [0.5, 0.6) is 0 Å². The van der Waals surface area contributed by atoms with Crippen LogP contribution >= 0.6 is 23.2 Å². The Labute approximate surface area is 129 Å². The van der Waals surface area contributed by atoms with Crippen LogP contribution in [0.2, 0.25) is 10.2 Å². The van der Waals surface area contributed by atoms with Gasteiger partial charge in [-0.05, 0) is 37.8 Å². The minimum atomic E-state index is -4.16. The molecule has 0 bridgehead atoms. The highest BCUT2D eigenvalue weighted by Crippen LogP contribution is 2.37. The van der Waals surface area contributed by atoms with Gasteiger partial charge in [0.2, 0.25) is 0 Å². The van der Waals surface area contributed by atoms with Crippen LogP contribution in [0.15, 0.2) is 12.1 Å². The summed E-state index contributed by atoms with van der Waals surface area (Å²) in [6.45, 7) is 0. The lowest BCUT2D eigenvalue weighted by Gasteiger charge is -2.30. The molecule has 0 atom stereocenters. The molecule has 116 valence electrons. The maximum absolute atomic E-state index is 12.6. The first-order chi connectivity index (χ1) is 9.77. The third-order valence-corrected chi connectivity index (χ3v) is 4.07. The highest BCUT2D eigenvalue weighted by Gasteiger charge is 2.41. The SMILES string of the molecule is O=C(NC1CCC(C(F)(F)F)CC1)c1nc(Cl)ccc1Cl. The van der Waals surface area contributed by atoms with Crippen molar-refractivity contribution in [3.63, 3.8) is 0 Å². The molecule has 1 fully saturated rings. The molecule has 1 amide bonds. The predicted octanol–water partition coefficient (Wildman–Crippen LogP) is 4.24. The van der Waals surface area contributed by atoms with Crippen molar-refractivity contribution in [3.8, 4) is 0 Å². The van der Waals surface area contributed by atoms with Gasteiger partial charge in [-0.1, -0.05) is 23.2 Å². The number of carbonyl (C=O) groups is 1. The number of hydrogen-bond donors (Lipinski definition) is 1. The number of amides is 1. The smallest absolute Gasteiger partial charge is 0.348 e. The van der Waals surface area contributed by atoms with Crippen molar-refractivity contribution >= 4 is 29.1 Å². The zero-order valence-corrected chi connectivity index (χ0v) is 12.4. The van der Waals surface area contributed by atoms with Crippen molar-refractivity contribution in [2.45, 2.75) is 37.9 Å². The number of halogens is 5. The zero-order valence-electron chi connectivity index (χ0n) is 10.9. The van der Waals surface area contributed by atoms with E-state index < -0.39 is 18.0 Å². The molecule has 1 N–H and O–H groups in total. The molecule has 8 heteroatoms. The molecule has 0 saturated heterocycles. The van der Waals surface area contributed by atoms with E-state index in [0.29, 0.717) is 0 Å². The number of nitrogens with one attached hydrogen (secondary N) is 1. The fourth-order valence-corrected chi connectivity index (χ4v) is 2.73. The molecule has 0 spiro atoms. The highest BCUT2D eigenvalue weighted by molar-refractivity contribution is 6.34. The lowest BCUT2D eigenvalue weighted by Crippen LogP contribution is -2.40. The fraction of sp³-hybridized carbons (Fsp3) is 0.538. The summed E-state index contributed by atoms with van der Waals surface area (Å²) in [5, 5.41) is 2.95. The van der Waals surface area contributed by atoms with Crippen LogP contribution in [0.1, 0.15) is 36.2 Å². The van der Waals surface area contributed by atoms with Gasteiger partial charge < -0.3 is 5.32 Å². The first-order valence-electron chi connectivity index (χ1n) is 6.47. The van der Waals surface area contributed by atoms with Crippen LogP contribution in [0, 0.1) is 5.92 Å². The summed E-state index contributed by atoms with van der Waals surface area (Å²) in [5.74, 6) is -1.79. The van der Waals surface area contributed by atoms with Crippen LogP contribution < -0.4 is 5.32 Å². The molecule has 1 heterocycles. The van der Waals surface area contributed by atoms with Gasteiger partial charge in [-0.25, -0.2) is 4.98 Å². The van der Waals surface area contributed by atoms with Gasteiger partial charge in [0.05, 0.1) is 10.9 Å². The van der Waals surface area contributed by atoms with Gasteiger partial charge in [-0.15, -0.1) is 0 Å². The Balaban J connectivity index is 1.94. The maximum atomic E-state index is 12.6. The predicted molar refractivity (Wildman–Crippen MR) is 73.5 cm³/mol. The Morgan fingerprint density at radius 2 is 1.81 bits per heavy atom. The Kier molecular flexibility index (Phi) is 4.99. The molecule has 0 aromatic carbocycles. The Morgan fingerprint density at radius 3 is 2.38 bits per heavy atom. The Morgan fingerprint density at radius 1 is 1.19 bits per heavy atom. The minimum absolute atomic E-state index is 0.0119. The molecular formula is C13H13Cl2F3N2O. The van der Waals surface area contributed by atoms with Crippen molar-refractivity contribution < 1.29 is 18.0 Å². The molecule has 1 saturated carbocycles. The van der Waals surface area contributed by atoms with Gasteiger partial charge in [0.15, 0.2) is 0 Å². The summed E-state index contributed by atoms with van der Waals surface area (Å²) in [7, 11) is 0. The molecule has 1 aromatic rings. The standard InChI is InChI=1S/C13H13Cl2F3N2O/c14-9-5-6-10(15)20-11(9)12(21)19-8-3-1-7(2-4-8)13(16,17)18/h5-8H,1-4H2,(H,19,21). The van der Waals surface area contributed by atoms with Crippen LogP contribution in [0.4, 0.5) is 13.2 Å². The van der Waals surface area contributed by atoms with Gasteiger partial charge in [0.25, 0.3) is 5.91 Å². The largest absolute Gasteiger partial charge is 0.391 e. The summed E-state index contributed by atoms with van der Waals surface area (Å²) in [6.07, 6.45) is -3.55. The number of hydrogen-bond acceptors (Lipinski definition) is 2. The van der Waals surface area contributed by atoms with Crippen molar-refractivity contribution in [3.05, 3.63) is 28.0 Å². The Hall–Kier alpha value is -1.01. The molecule has 1 aliphatic carbocycles. The lowest BCUT2D eigenvalue weighted by atomic mass is 9.85. The summed E-state index contributed by atoms with van der Waals surface area (Å²) in [5.41, 5.74) is -0.0119. The van der Waals surface area contributed by atoms with E-state index in [1.165, 1.54) is 12.1 Å². The van der Waals surface area contributed by atoms with Gasteiger partial charge >= 0.3 is 6.18 Å². The van der Waals surface area contributed by atoms with Crippen molar-refractivity contribution in [2.24, 2.45) is 5.92 Å². The van der Waals surface area contributed by atoms with Crippen LogP contribution in [0.3, 0.4) is 0 Å². The van der Waals surface area contributed by atoms with E-state index in [1.807, 2.05) is 0 Å². The fourth-order valence-electron chi connectivity index (χ4n) is 2.40. The number of aromatic nitrogens is 1. The van der Waals surface area contributed by atoms with E-state index in [9.17, 15) is 18.0 Å². The summed E-state index contributed by atoms with van der Waals surface area (Å²) in [6, 6.07) is 2.61. The quantitative estimate of drug-likeness (QED) is 0.818. The Bertz CT molecular complexity index is 529. The summed E-state index contributed by atoms with van der Waals surface area (Å²) >= 11 is 11.6. The number of carbonyl (C=O) groups excluding carboxylic acids is 1. The molecule has 0 aliphatic heterocycles. The molecule has 3 nitrogen and oxygen atoms in total. The number of nitrogens with zero attached hydrogens (tertiary/aromatic N) is 1. The van der Waals surface area contributed by atoms with Crippen molar-refractivity contribution in [1.29, 1.82) is 0 Å². The maximum Gasteiger partial charge on any atom is 0.391 e. The number of rotatable bonds is 2. The molecule has 0 radical (unpaired) electrons. The normalized spacial score (nSPS) is 22.9. The van der Waals surface area contributed by atoms with Gasteiger partial charge in [-0.3, -0.25) is 4.79 Å². The second kappa shape index (κ2) is 6.40. The number of pyridine rings is 1. The second-order valence-corrected chi connectivity index (χ2v) is 5.82. The summed E-state index contributed by atoms with van der Waals surface area (Å²) in [4.78, 5) is 15.9. The molecule has 2 rings (SSSR count). The zero-order chi connectivity index (χ0) is 15.6. The lowest BCUT2D eigenvalue weighted by molar-refractivity contribution is -0.182. The van der Waals surface area contributed by atoms with Crippen LogP contribution in [-0.4, -0.2) is 23.1 Å². The summed E-state index contributed by atoms with van der Waals surface area (Å²) < 4.78 is 37.7. The third kappa shape index (κ3) is 4.23. The van der Waals surface area contributed by atoms with E-state index in [-0.39, 0.29) is 47.6 Å². The second-order valence-electron chi connectivity index (χ2n) is 5.03. The van der Waals surface area contributed by atoms with Gasteiger partial charge in [0, 0.05) is 6.04 Å². The molecule has 21 heavy (non-hydrogen) atoms. The van der Waals surface area contributed by atoms with Crippen LogP contribution in [0.25, 0.3) is 0 Å². The molecule has 0 unspecified atom stereocenters. The van der Waals surface area contributed by atoms with Crippen molar-refractivity contribution in [1.82, 2.24) is 10.3 Å². The minimum Gasteiger partial charge on any atom is -0.348 e. The first-order valence-corrected chi connectivity index (χ1v) is 7.22. The highest BCUT2D eigenvalue weighted by atomic mass is 35.5. The van der Waals surface area contributed by atoms with E-state index in [4.69, 9.17) is 23.2 Å². The third-order valence-electron chi connectivity index (χ3n) is 3.55. The molecule has 1 aromatic heterocycles. The monoisotopic (exact) mass is 340 g/mol. The topological polar surface area (TPSA) is 42.0 Å². The molecular weight excluding hydrogens is 328 g/mol.